The Labute approximate surface area is 312 Å². The Morgan fingerprint density at radius 2 is 1.08 bits per heavy atom. The minimum absolute atomic E-state index is 0.0453. The van der Waals surface area contributed by atoms with Crippen LogP contribution in [0, 0.1) is 0 Å². The number of allylic oxidation sites excluding steroid dienone is 13. The summed E-state index contributed by atoms with van der Waals surface area (Å²) in [6, 6.07) is 7.92. The minimum atomic E-state index is -0.173. The lowest BCUT2D eigenvalue weighted by molar-refractivity contribution is -0.138. The van der Waals surface area contributed by atoms with E-state index in [9.17, 15) is 14.4 Å². The molecule has 5 heteroatoms. The maximum atomic E-state index is 13.7. The average Bonchev–Trinajstić information content (AvgIpc) is 3.47. The van der Waals surface area contributed by atoms with Crippen molar-refractivity contribution in [2.75, 3.05) is 0 Å². The average molecular weight is 699 g/mol. The van der Waals surface area contributed by atoms with Gasteiger partial charge in [-0.3, -0.25) is 19.3 Å². The van der Waals surface area contributed by atoms with Crippen LogP contribution >= 0.6 is 0 Å². The molecule has 2 aliphatic carbocycles. The van der Waals surface area contributed by atoms with Crippen molar-refractivity contribution in [1.29, 1.82) is 0 Å². The third kappa shape index (κ3) is 9.87. The highest BCUT2D eigenvalue weighted by Gasteiger charge is 2.39. The van der Waals surface area contributed by atoms with Crippen molar-refractivity contribution in [2.45, 2.75) is 132 Å². The topological polar surface area (TPSA) is 57.7 Å². The molecule has 0 saturated carbocycles. The van der Waals surface area contributed by atoms with Gasteiger partial charge in [-0.1, -0.05) is 101 Å². The first-order valence-corrected chi connectivity index (χ1v) is 19.2. The van der Waals surface area contributed by atoms with E-state index in [2.05, 4.69) is 84.6 Å². The Kier molecular flexibility index (Phi) is 13.3. The second-order valence-electron chi connectivity index (χ2n) is 15.6. The molecule has 5 nitrogen and oxygen atoms in total. The summed E-state index contributed by atoms with van der Waals surface area (Å²) in [6.07, 6.45) is 24.3. The van der Waals surface area contributed by atoms with E-state index >= 15 is 0 Å². The number of imide groups is 1. The van der Waals surface area contributed by atoms with Gasteiger partial charge in [0.15, 0.2) is 0 Å². The number of amides is 3. The van der Waals surface area contributed by atoms with Gasteiger partial charge in [0.1, 0.15) is 0 Å². The molecule has 0 saturated heterocycles. The Hall–Kier alpha value is -4.51. The molecule has 1 aromatic rings. The number of carbonyl (C=O) groups is 3. The normalized spacial score (nSPS) is 17.9. The van der Waals surface area contributed by atoms with Crippen LogP contribution in [0.5, 0.6) is 0 Å². The summed E-state index contributed by atoms with van der Waals surface area (Å²) in [6.45, 7) is 17.9. The van der Waals surface area contributed by atoms with Gasteiger partial charge in [0.05, 0.1) is 13.1 Å². The largest absolute Gasteiger partial charge is 0.305 e. The van der Waals surface area contributed by atoms with Crippen LogP contribution in [0.1, 0.15) is 130 Å². The predicted octanol–water partition coefficient (Wildman–Crippen LogP) is 11.4. The van der Waals surface area contributed by atoms with Gasteiger partial charge < -0.3 is 4.90 Å². The predicted molar refractivity (Wildman–Crippen MR) is 214 cm³/mol. The fraction of sp³-hybridized carbons (Fsp3) is 0.426. The fourth-order valence-electron chi connectivity index (χ4n) is 7.61. The summed E-state index contributed by atoms with van der Waals surface area (Å²) < 4.78 is 0. The molecule has 1 aromatic carbocycles. The lowest BCUT2D eigenvalue weighted by Crippen LogP contribution is -2.31. The lowest BCUT2D eigenvalue weighted by atomic mass is 9.90. The summed E-state index contributed by atoms with van der Waals surface area (Å²) in [7, 11) is 0. The van der Waals surface area contributed by atoms with E-state index in [1.807, 2.05) is 24.3 Å². The Morgan fingerprint density at radius 1 is 0.615 bits per heavy atom. The monoisotopic (exact) mass is 698 g/mol. The van der Waals surface area contributed by atoms with Crippen LogP contribution in [0.25, 0.3) is 0 Å². The van der Waals surface area contributed by atoms with Crippen molar-refractivity contribution < 1.29 is 14.4 Å². The smallest absolute Gasteiger partial charge is 0.257 e. The van der Waals surface area contributed by atoms with Gasteiger partial charge in [-0.15, -0.1) is 0 Å². The van der Waals surface area contributed by atoms with Gasteiger partial charge in [-0.2, -0.15) is 0 Å². The number of hydrogen-bond acceptors (Lipinski definition) is 3. The van der Waals surface area contributed by atoms with Crippen molar-refractivity contribution in [1.82, 2.24) is 9.80 Å². The summed E-state index contributed by atoms with van der Waals surface area (Å²) in [5, 5.41) is 0. The van der Waals surface area contributed by atoms with Crippen molar-refractivity contribution in [3.8, 4) is 0 Å². The van der Waals surface area contributed by atoms with Crippen LogP contribution < -0.4 is 0 Å². The maximum absolute atomic E-state index is 13.7. The van der Waals surface area contributed by atoms with E-state index in [1.54, 1.807) is 4.90 Å². The first-order valence-electron chi connectivity index (χ1n) is 19.2. The minimum Gasteiger partial charge on any atom is -0.305 e. The SMILES string of the molecule is C=C1C2=C(CC(CC/C=C(/C)CCC=C(C)C)=CC2)C(=O)N1Cc1cccc(CN2C(=O)C3=C(CC(CC/C=C(/C)CCC=C(C)C)=CC3)C2=O)c1. The number of benzene rings is 1. The zero-order chi connectivity index (χ0) is 37.4. The maximum Gasteiger partial charge on any atom is 0.257 e. The van der Waals surface area contributed by atoms with E-state index in [0.717, 1.165) is 85.8 Å². The standard InChI is InChI=1S/C47H58N2O3/c1-32(2)13-8-15-34(5)17-10-19-37-23-25-41-36(7)48(46(51)43(41)28-37)30-39-21-12-22-40(27-39)31-49-45(50)42-26-24-38(29-44(42)47(49)52)20-11-18-35(6)16-9-14-33(3)4/h12-14,17-18,21-24,27H,7-11,15-16,19-20,25-26,28-31H2,1-6H3/b34-17-,35-18-. The number of nitrogens with zero attached hydrogens (tertiary/aromatic N) is 2. The van der Waals surface area contributed by atoms with Gasteiger partial charge in [0, 0.05) is 22.4 Å². The molecule has 2 aliphatic heterocycles. The van der Waals surface area contributed by atoms with Gasteiger partial charge in [0.25, 0.3) is 17.7 Å². The number of rotatable bonds is 16. The van der Waals surface area contributed by atoms with Crippen LogP contribution in [-0.2, 0) is 27.5 Å². The van der Waals surface area contributed by atoms with Gasteiger partial charge in [0.2, 0.25) is 0 Å². The Bertz CT molecular complexity index is 1730. The molecule has 0 N–H and O–H groups in total. The molecule has 274 valence electrons. The van der Waals surface area contributed by atoms with Gasteiger partial charge in [-0.05, 0) is 135 Å². The first kappa shape index (κ1) is 38.7. The molecule has 0 spiro atoms. The van der Waals surface area contributed by atoms with E-state index in [4.69, 9.17) is 0 Å². The van der Waals surface area contributed by atoms with Crippen LogP contribution in [0.2, 0.25) is 0 Å². The molecule has 0 bridgehead atoms. The summed E-state index contributed by atoms with van der Waals surface area (Å²) in [4.78, 5) is 43.9. The van der Waals surface area contributed by atoms with Crippen molar-refractivity contribution in [2.24, 2.45) is 0 Å². The highest BCUT2D eigenvalue weighted by atomic mass is 16.2. The van der Waals surface area contributed by atoms with Gasteiger partial charge in [-0.25, -0.2) is 0 Å². The molecule has 4 aliphatic rings. The van der Waals surface area contributed by atoms with E-state index in [0.29, 0.717) is 37.0 Å². The van der Waals surface area contributed by atoms with Crippen molar-refractivity contribution in [3.05, 3.63) is 140 Å². The highest BCUT2D eigenvalue weighted by Crippen LogP contribution is 2.40. The molecular weight excluding hydrogens is 641 g/mol. The second kappa shape index (κ2) is 17.8. The van der Waals surface area contributed by atoms with E-state index in [-0.39, 0.29) is 24.3 Å². The fourth-order valence-corrected chi connectivity index (χ4v) is 7.61. The molecule has 0 fully saturated rings. The van der Waals surface area contributed by atoms with Crippen LogP contribution in [0.4, 0.5) is 0 Å². The van der Waals surface area contributed by atoms with E-state index in [1.165, 1.54) is 38.3 Å². The number of carbonyl (C=O) groups excluding carboxylic acids is 3. The molecule has 52 heavy (non-hydrogen) atoms. The summed E-state index contributed by atoms with van der Waals surface area (Å²) in [5.74, 6) is -0.292. The van der Waals surface area contributed by atoms with Crippen LogP contribution in [-0.4, -0.2) is 27.5 Å². The molecule has 0 atom stereocenters. The zero-order valence-corrected chi connectivity index (χ0v) is 32.5. The lowest BCUT2D eigenvalue weighted by Gasteiger charge is -2.20. The van der Waals surface area contributed by atoms with E-state index < -0.39 is 0 Å². The van der Waals surface area contributed by atoms with Crippen molar-refractivity contribution >= 4 is 17.7 Å². The third-order valence-electron chi connectivity index (χ3n) is 10.7. The van der Waals surface area contributed by atoms with Gasteiger partial charge >= 0.3 is 0 Å². The molecular formula is C47H58N2O3. The van der Waals surface area contributed by atoms with Crippen molar-refractivity contribution in [3.63, 3.8) is 0 Å². The highest BCUT2D eigenvalue weighted by molar-refractivity contribution is 6.19. The summed E-state index contributed by atoms with van der Waals surface area (Å²) in [5.41, 5.74) is 14.0. The quantitative estimate of drug-likeness (QED) is 0.128. The Morgan fingerprint density at radius 3 is 1.62 bits per heavy atom. The third-order valence-corrected chi connectivity index (χ3v) is 10.7. The molecule has 0 aromatic heterocycles. The molecule has 0 unspecified atom stereocenters. The molecule has 3 amide bonds. The second-order valence-corrected chi connectivity index (χ2v) is 15.6. The van der Waals surface area contributed by atoms with Crippen LogP contribution in [0.3, 0.4) is 0 Å². The first-order chi connectivity index (χ1) is 24.9. The number of hydrogen-bond donors (Lipinski definition) is 0. The zero-order valence-electron chi connectivity index (χ0n) is 32.5. The Balaban J connectivity index is 1.12. The summed E-state index contributed by atoms with van der Waals surface area (Å²) >= 11 is 0. The molecule has 0 radical (unpaired) electrons. The molecule has 5 rings (SSSR count). The molecule has 2 heterocycles. The van der Waals surface area contributed by atoms with Crippen LogP contribution in [0.15, 0.2) is 129 Å².